The number of aromatic carboxylic acids is 1. The van der Waals surface area contributed by atoms with Gasteiger partial charge in [0.15, 0.2) is 5.82 Å². The Bertz CT molecular complexity index is 600. The molecular formula is C14H15N3O2. The standard InChI is InChI=1S/C14H15N3O2/c18-14(19)11-5-3-4-10(8-11)13-16-15-9-17(13)12-6-1-2-7-12/h3-5,8-9,12H,1-2,6-7H2,(H,18,19). The van der Waals surface area contributed by atoms with Crippen LogP contribution in [0.2, 0.25) is 0 Å². The van der Waals surface area contributed by atoms with Crippen molar-refractivity contribution in [1.82, 2.24) is 14.8 Å². The highest BCUT2D eigenvalue weighted by Gasteiger charge is 2.20. The first-order chi connectivity index (χ1) is 9.25. The molecule has 0 unspecified atom stereocenters. The fraction of sp³-hybridized carbons (Fsp3) is 0.357. The van der Waals surface area contributed by atoms with Crippen LogP contribution in [-0.4, -0.2) is 25.8 Å². The lowest BCUT2D eigenvalue weighted by Crippen LogP contribution is -2.06. The zero-order chi connectivity index (χ0) is 13.2. The minimum Gasteiger partial charge on any atom is -0.478 e. The second kappa shape index (κ2) is 4.84. The molecule has 98 valence electrons. The monoisotopic (exact) mass is 257 g/mol. The number of rotatable bonds is 3. The van der Waals surface area contributed by atoms with E-state index >= 15 is 0 Å². The number of nitrogens with zero attached hydrogens (tertiary/aromatic N) is 3. The molecule has 0 radical (unpaired) electrons. The number of hydrogen-bond acceptors (Lipinski definition) is 3. The summed E-state index contributed by atoms with van der Waals surface area (Å²) in [6.07, 6.45) is 6.50. The van der Waals surface area contributed by atoms with Crippen molar-refractivity contribution in [1.29, 1.82) is 0 Å². The van der Waals surface area contributed by atoms with Crippen molar-refractivity contribution in [2.24, 2.45) is 0 Å². The normalized spacial score (nSPS) is 15.8. The largest absolute Gasteiger partial charge is 0.478 e. The topological polar surface area (TPSA) is 68.0 Å². The smallest absolute Gasteiger partial charge is 0.335 e. The number of benzene rings is 1. The highest BCUT2D eigenvalue weighted by atomic mass is 16.4. The number of aromatic nitrogens is 3. The van der Waals surface area contributed by atoms with Crippen LogP contribution in [-0.2, 0) is 0 Å². The Hall–Kier alpha value is -2.17. The van der Waals surface area contributed by atoms with Gasteiger partial charge in [-0.1, -0.05) is 25.0 Å². The summed E-state index contributed by atoms with van der Waals surface area (Å²) in [5.74, 6) is -0.163. The van der Waals surface area contributed by atoms with Crippen LogP contribution in [0, 0.1) is 0 Å². The van der Waals surface area contributed by atoms with Crippen LogP contribution in [0.1, 0.15) is 42.1 Å². The van der Waals surface area contributed by atoms with Crippen LogP contribution in [0.4, 0.5) is 0 Å². The summed E-state index contributed by atoms with van der Waals surface area (Å²) in [6, 6.07) is 7.30. The minimum absolute atomic E-state index is 0.276. The van der Waals surface area contributed by atoms with Gasteiger partial charge in [0, 0.05) is 11.6 Å². The molecule has 0 spiro atoms. The zero-order valence-corrected chi connectivity index (χ0v) is 10.5. The van der Waals surface area contributed by atoms with Gasteiger partial charge in [-0.2, -0.15) is 0 Å². The van der Waals surface area contributed by atoms with Gasteiger partial charge in [-0.15, -0.1) is 10.2 Å². The van der Waals surface area contributed by atoms with E-state index < -0.39 is 5.97 Å². The van der Waals surface area contributed by atoms with Crippen LogP contribution in [0.15, 0.2) is 30.6 Å². The first-order valence-electron chi connectivity index (χ1n) is 6.49. The van der Waals surface area contributed by atoms with E-state index in [2.05, 4.69) is 14.8 Å². The maximum absolute atomic E-state index is 11.0. The molecular weight excluding hydrogens is 242 g/mol. The molecule has 3 rings (SSSR count). The van der Waals surface area contributed by atoms with Gasteiger partial charge in [-0.25, -0.2) is 4.79 Å². The van der Waals surface area contributed by atoms with Crippen molar-refractivity contribution in [3.63, 3.8) is 0 Å². The van der Waals surface area contributed by atoms with Gasteiger partial charge in [-0.05, 0) is 25.0 Å². The van der Waals surface area contributed by atoms with Crippen LogP contribution < -0.4 is 0 Å². The fourth-order valence-corrected chi connectivity index (χ4v) is 2.69. The molecule has 1 aliphatic rings. The Kier molecular flexibility index (Phi) is 3.03. The van der Waals surface area contributed by atoms with Gasteiger partial charge in [0.1, 0.15) is 6.33 Å². The second-order valence-corrected chi connectivity index (χ2v) is 4.89. The molecule has 1 saturated carbocycles. The summed E-state index contributed by atoms with van der Waals surface area (Å²) < 4.78 is 2.08. The van der Waals surface area contributed by atoms with Crippen molar-refractivity contribution in [3.05, 3.63) is 36.2 Å². The predicted octanol–water partition coefficient (Wildman–Crippen LogP) is 2.76. The summed E-state index contributed by atoms with van der Waals surface area (Å²) in [7, 11) is 0. The summed E-state index contributed by atoms with van der Waals surface area (Å²) in [5, 5.41) is 17.2. The first kappa shape index (κ1) is 11.9. The second-order valence-electron chi connectivity index (χ2n) is 4.89. The van der Waals surface area contributed by atoms with E-state index in [1.165, 1.54) is 12.8 Å². The molecule has 0 aliphatic heterocycles. The van der Waals surface area contributed by atoms with Crippen molar-refractivity contribution in [2.75, 3.05) is 0 Å². The molecule has 19 heavy (non-hydrogen) atoms. The molecule has 2 aromatic rings. The molecule has 0 saturated heterocycles. The lowest BCUT2D eigenvalue weighted by atomic mass is 10.1. The Labute approximate surface area is 110 Å². The average Bonchev–Trinajstić information content (AvgIpc) is 3.09. The molecule has 0 atom stereocenters. The first-order valence-corrected chi connectivity index (χ1v) is 6.49. The molecule has 1 fully saturated rings. The van der Waals surface area contributed by atoms with Crippen molar-refractivity contribution >= 4 is 5.97 Å². The van der Waals surface area contributed by atoms with E-state index in [1.807, 2.05) is 6.07 Å². The van der Waals surface area contributed by atoms with Gasteiger partial charge < -0.3 is 9.67 Å². The van der Waals surface area contributed by atoms with Gasteiger partial charge in [0.25, 0.3) is 0 Å². The molecule has 1 aromatic carbocycles. The average molecular weight is 257 g/mol. The predicted molar refractivity (Wildman–Crippen MR) is 69.9 cm³/mol. The molecule has 1 heterocycles. The SMILES string of the molecule is O=C(O)c1cccc(-c2nncn2C2CCCC2)c1. The van der Waals surface area contributed by atoms with Gasteiger partial charge in [0.05, 0.1) is 5.56 Å². The van der Waals surface area contributed by atoms with E-state index in [1.54, 1.807) is 24.5 Å². The van der Waals surface area contributed by atoms with E-state index in [-0.39, 0.29) is 5.56 Å². The summed E-state index contributed by atoms with van der Waals surface area (Å²) in [4.78, 5) is 11.0. The van der Waals surface area contributed by atoms with E-state index in [9.17, 15) is 4.79 Å². The number of carboxylic acids is 1. The van der Waals surface area contributed by atoms with Crippen LogP contribution in [0.5, 0.6) is 0 Å². The van der Waals surface area contributed by atoms with E-state index in [4.69, 9.17) is 5.11 Å². The van der Waals surface area contributed by atoms with E-state index in [0.717, 1.165) is 24.2 Å². The highest BCUT2D eigenvalue weighted by molar-refractivity contribution is 5.89. The van der Waals surface area contributed by atoms with Crippen molar-refractivity contribution < 1.29 is 9.90 Å². The van der Waals surface area contributed by atoms with Gasteiger partial charge in [0.2, 0.25) is 0 Å². The quantitative estimate of drug-likeness (QED) is 0.918. The molecule has 1 aliphatic carbocycles. The Balaban J connectivity index is 2.00. The summed E-state index contributed by atoms with van der Waals surface area (Å²) in [6.45, 7) is 0. The molecule has 1 N–H and O–H groups in total. The van der Waals surface area contributed by atoms with E-state index in [0.29, 0.717) is 6.04 Å². The Morgan fingerprint density at radius 1 is 1.32 bits per heavy atom. The molecule has 5 heteroatoms. The lowest BCUT2D eigenvalue weighted by molar-refractivity contribution is 0.0697. The molecule has 5 nitrogen and oxygen atoms in total. The van der Waals surface area contributed by atoms with Crippen molar-refractivity contribution in [2.45, 2.75) is 31.7 Å². The Morgan fingerprint density at radius 3 is 2.84 bits per heavy atom. The van der Waals surface area contributed by atoms with Crippen LogP contribution in [0.25, 0.3) is 11.4 Å². The third kappa shape index (κ3) is 2.23. The van der Waals surface area contributed by atoms with Crippen LogP contribution in [0.3, 0.4) is 0 Å². The summed E-state index contributed by atoms with van der Waals surface area (Å²) >= 11 is 0. The van der Waals surface area contributed by atoms with Crippen molar-refractivity contribution in [3.8, 4) is 11.4 Å². The maximum Gasteiger partial charge on any atom is 0.335 e. The molecule has 0 amide bonds. The Morgan fingerprint density at radius 2 is 2.11 bits per heavy atom. The third-order valence-electron chi connectivity index (χ3n) is 3.66. The highest BCUT2D eigenvalue weighted by Crippen LogP contribution is 2.32. The number of hydrogen-bond donors (Lipinski definition) is 1. The minimum atomic E-state index is -0.922. The fourth-order valence-electron chi connectivity index (χ4n) is 2.69. The molecule has 0 bridgehead atoms. The maximum atomic E-state index is 11.0. The summed E-state index contributed by atoms with van der Waals surface area (Å²) in [5.41, 5.74) is 1.09. The van der Waals surface area contributed by atoms with Crippen LogP contribution >= 0.6 is 0 Å². The lowest BCUT2D eigenvalue weighted by Gasteiger charge is -2.13. The van der Waals surface area contributed by atoms with Gasteiger partial charge >= 0.3 is 5.97 Å². The third-order valence-corrected chi connectivity index (χ3v) is 3.66. The number of carbonyl (C=O) groups is 1. The zero-order valence-electron chi connectivity index (χ0n) is 10.5. The van der Waals surface area contributed by atoms with Gasteiger partial charge in [-0.3, -0.25) is 0 Å². The number of carboxylic acid groups (broad SMARTS) is 1. The molecule has 1 aromatic heterocycles.